The van der Waals surface area contributed by atoms with Crippen molar-refractivity contribution in [3.63, 3.8) is 0 Å². The van der Waals surface area contributed by atoms with Crippen LogP contribution in [0.5, 0.6) is 17.6 Å². The lowest BCUT2D eigenvalue weighted by Crippen LogP contribution is -2.32. The Hall–Kier alpha value is -6.20. The fraction of sp³-hybridized carbons (Fsp3) is 0.311. The van der Waals surface area contributed by atoms with E-state index in [1.165, 1.54) is 42.1 Å². The van der Waals surface area contributed by atoms with Crippen LogP contribution in [0.15, 0.2) is 73.2 Å². The Kier molecular flexibility index (Phi) is 14.6. The first-order valence-electron chi connectivity index (χ1n) is 19.5. The highest BCUT2D eigenvalue weighted by molar-refractivity contribution is 7.22. The van der Waals surface area contributed by atoms with Crippen molar-refractivity contribution >= 4 is 51.4 Å². The van der Waals surface area contributed by atoms with E-state index in [9.17, 15) is 31.9 Å². The lowest BCUT2D eigenvalue weighted by Gasteiger charge is -2.21. The number of rotatable bonds is 17. The lowest BCUT2D eigenvalue weighted by molar-refractivity contribution is -0.154. The number of aldehydes is 1. The number of ether oxygens (including phenoxy) is 5. The predicted octanol–water partition coefficient (Wildman–Crippen LogP) is 10.1. The molecule has 12 nitrogen and oxygen atoms in total. The molecule has 3 aromatic carbocycles. The second kappa shape index (κ2) is 19.9. The largest absolute Gasteiger partial charge is 0.487 e. The Labute approximate surface area is 368 Å². The maximum atomic E-state index is 14.2. The number of carbonyl (C=O) groups is 3. The average Bonchev–Trinajstić information content (AvgIpc) is 3.61. The molecule has 0 aliphatic rings. The molecule has 0 fully saturated rings. The van der Waals surface area contributed by atoms with Crippen molar-refractivity contribution in [2.75, 3.05) is 13.2 Å². The molecule has 0 unspecified atom stereocenters. The van der Waals surface area contributed by atoms with Crippen LogP contribution in [-0.4, -0.2) is 69.3 Å². The molecule has 330 valence electrons. The number of hydrogen-bond acceptors (Lipinski definition) is 13. The van der Waals surface area contributed by atoms with Gasteiger partial charge in [0, 0.05) is 28.6 Å². The van der Waals surface area contributed by atoms with Crippen LogP contribution in [-0.2, 0) is 38.5 Å². The fourth-order valence-electron chi connectivity index (χ4n) is 6.39. The number of hydrogen-bond donors (Lipinski definition) is 0. The normalized spacial score (nSPS) is 12.2. The second-order valence-electron chi connectivity index (χ2n) is 15.0. The number of thiophene rings is 1. The van der Waals surface area contributed by atoms with E-state index in [0.717, 1.165) is 0 Å². The molecule has 18 heteroatoms. The molecule has 63 heavy (non-hydrogen) atoms. The molecule has 3 aromatic heterocycles. The minimum absolute atomic E-state index is 0.000194. The molecule has 0 saturated carbocycles. The van der Waals surface area contributed by atoms with Crippen LogP contribution in [0.4, 0.5) is 17.6 Å². The Morgan fingerprint density at radius 1 is 0.968 bits per heavy atom. The van der Waals surface area contributed by atoms with Gasteiger partial charge in [0.05, 0.1) is 35.6 Å². The van der Waals surface area contributed by atoms with E-state index < -0.39 is 48.7 Å². The number of carbonyl (C=O) groups excluding carboxylic acids is 3. The summed E-state index contributed by atoms with van der Waals surface area (Å²) < 4.78 is 81.2. The zero-order chi connectivity index (χ0) is 45.5. The number of esters is 2. The van der Waals surface area contributed by atoms with Crippen LogP contribution in [0.25, 0.3) is 31.8 Å². The first kappa shape index (κ1) is 46.3. The Morgan fingerprint density at radius 2 is 1.73 bits per heavy atom. The van der Waals surface area contributed by atoms with Crippen LogP contribution in [0.3, 0.4) is 0 Å². The summed E-state index contributed by atoms with van der Waals surface area (Å²) in [4.78, 5) is 56.8. The Morgan fingerprint density at radius 3 is 2.43 bits per heavy atom. The molecule has 3 heterocycles. The van der Waals surface area contributed by atoms with Crippen LogP contribution >= 0.6 is 22.9 Å². The molecule has 6 rings (SSSR count). The summed E-state index contributed by atoms with van der Waals surface area (Å²) in [6, 6.07) is 15.3. The summed E-state index contributed by atoms with van der Waals surface area (Å²) >= 11 is 7.96. The molecule has 0 radical (unpaired) electrons. The SMILES string of the molecule is CCOC(=O)[C@@H](Cc1cc(CC(=O)OC(C)(C)C)ccc1OCc1ccnc(OCCC(F)(F)F)n1)Oc1ncnc2sc(-c3ccc(F)cc3)c(-c3ccc(C=O)c(Cl)c3C)c12. The van der Waals surface area contributed by atoms with Gasteiger partial charge >= 0.3 is 24.1 Å². The van der Waals surface area contributed by atoms with Gasteiger partial charge in [-0.05, 0) is 92.8 Å². The van der Waals surface area contributed by atoms with Gasteiger partial charge < -0.3 is 23.7 Å². The molecule has 0 bridgehead atoms. The van der Waals surface area contributed by atoms with Gasteiger partial charge in [-0.2, -0.15) is 18.2 Å². The third-order valence-electron chi connectivity index (χ3n) is 9.16. The first-order chi connectivity index (χ1) is 29.9. The van der Waals surface area contributed by atoms with Crippen molar-refractivity contribution in [1.82, 2.24) is 19.9 Å². The number of alkyl halides is 3. The Balaban J connectivity index is 1.41. The van der Waals surface area contributed by atoms with Crippen molar-refractivity contribution in [1.29, 1.82) is 0 Å². The van der Waals surface area contributed by atoms with E-state index in [1.807, 2.05) is 0 Å². The van der Waals surface area contributed by atoms with Gasteiger partial charge in [-0.3, -0.25) is 9.59 Å². The molecule has 0 spiro atoms. The summed E-state index contributed by atoms with van der Waals surface area (Å²) in [5, 5.41) is 0.628. The Bertz CT molecular complexity index is 2620. The van der Waals surface area contributed by atoms with Gasteiger partial charge in [0.25, 0.3) is 0 Å². The monoisotopic (exact) mass is 908 g/mol. The zero-order valence-corrected chi connectivity index (χ0v) is 36.3. The number of benzene rings is 3. The van der Waals surface area contributed by atoms with Crippen molar-refractivity contribution in [2.45, 2.75) is 78.4 Å². The van der Waals surface area contributed by atoms with Gasteiger partial charge in [0.15, 0.2) is 6.29 Å². The summed E-state index contributed by atoms with van der Waals surface area (Å²) in [6.45, 7) is 7.76. The molecule has 1 atom stereocenters. The summed E-state index contributed by atoms with van der Waals surface area (Å²) in [5.74, 6) is -1.44. The van der Waals surface area contributed by atoms with Crippen LogP contribution < -0.4 is 14.2 Å². The number of aromatic nitrogens is 4. The maximum absolute atomic E-state index is 14.2. The zero-order valence-electron chi connectivity index (χ0n) is 34.7. The van der Waals surface area contributed by atoms with E-state index in [2.05, 4.69) is 19.9 Å². The highest BCUT2D eigenvalue weighted by Gasteiger charge is 2.30. The molecule has 0 saturated heterocycles. The van der Waals surface area contributed by atoms with Crippen molar-refractivity contribution in [3.8, 4) is 39.2 Å². The third-order valence-corrected chi connectivity index (χ3v) is 10.8. The van der Waals surface area contributed by atoms with Gasteiger partial charge in [0.1, 0.15) is 41.5 Å². The van der Waals surface area contributed by atoms with E-state index in [1.54, 1.807) is 77.1 Å². The molecule has 0 aliphatic carbocycles. The van der Waals surface area contributed by atoms with Gasteiger partial charge in [-0.15, -0.1) is 11.3 Å². The quantitative estimate of drug-likeness (QED) is 0.0487. The second-order valence-corrected chi connectivity index (χ2v) is 16.4. The van der Waals surface area contributed by atoms with E-state index in [4.69, 9.17) is 35.3 Å². The fourth-order valence-corrected chi connectivity index (χ4v) is 7.75. The molecular formula is C45H41ClF4N4O8S. The van der Waals surface area contributed by atoms with Gasteiger partial charge in [0.2, 0.25) is 12.0 Å². The lowest BCUT2D eigenvalue weighted by atomic mass is 9.95. The molecule has 6 aromatic rings. The van der Waals surface area contributed by atoms with Gasteiger partial charge in [-0.1, -0.05) is 41.9 Å². The average molecular weight is 909 g/mol. The van der Waals surface area contributed by atoms with Crippen molar-refractivity contribution in [3.05, 3.63) is 112 Å². The van der Waals surface area contributed by atoms with Crippen LogP contribution in [0.1, 0.15) is 66.9 Å². The number of fused-ring (bicyclic) bond motifs is 1. The molecule has 0 N–H and O–H groups in total. The minimum Gasteiger partial charge on any atom is -0.487 e. The third kappa shape index (κ3) is 12.0. The minimum atomic E-state index is -4.42. The van der Waals surface area contributed by atoms with E-state index in [-0.39, 0.29) is 60.0 Å². The standard InChI is InChI=1S/C45H41ClF4N4O8S/c1-6-58-42(57)34(61-40-37-36(32-13-10-28(22-55)38(46)25(32)2)39(63-41(37)53-24-52-40)27-8-11-30(47)12-9-27)21-29-19-26(20-35(56)62-44(3,4)5)7-14-33(29)60-23-31-15-17-51-43(54-31)59-18-16-45(48,49)50/h7-15,17,19,22,24,34H,6,16,18,20-21,23H2,1-5H3/t34-/m1/s1. The summed E-state index contributed by atoms with van der Waals surface area (Å²) in [5.41, 5.74) is 3.10. The van der Waals surface area contributed by atoms with Crippen molar-refractivity contribution < 1.29 is 55.6 Å². The molecule has 0 amide bonds. The smallest absolute Gasteiger partial charge is 0.392 e. The summed E-state index contributed by atoms with van der Waals surface area (Å²) in [7, 11) is 0. The molecular weight excluding hydrogens is 868 g/mol. The number of halogens is 5. The highest BCUT2D eigenvalue weighted by atomic mass is 35.5. The van der Waals surface area contributed by atoms with Crippen molar-refractivity contribution in [2.24, 2.45) is 0 Å². The summed E-state index contributed by atoms with van der Waals surface area (Å²) in [6.07, 6.45) is -4.04. The van der Waals surface area contributed by atoms with E-state index >= 15 is 0 Å². The topological polar surface area (TPSA) is 149 Å². The number of nitrogens with zero attached hydrogens (tertiary/aromatic N) is 4. The van der Waals surface area contributed by atoms with Gasteiger partial charge in [-0.25, -0.2) is 24.1 Å². The van der Waals surface area contributed by atoms with E-state index in [0.29, 0.717) is 54.8 Å². The highest BCUT2D eigenvalue weighted by Crippen LogP contribution is 2.49. The maximum Gasteiger partial charge on any atom is 0.392 e. The van der Waals surface area contributed by atoms with Crippen LogP contribution in [0, 0.1) is 12.7 Å². The van der Waals surface area contributed by atoms with Crippen LogP contribution in [0.2, 0.25) is 5.02 Å². The predicted molar refractivity (Wildman–Crippen MR) is 227 cm³/mol. The first-order valence-corrected chi connectivity index (χ1v) is 20.7. The molecule has 0 aliphatic heterocycles.